The van der Waals surface area contributed by atoms with Gasteiger partial charge in [-0.15, -0.1) is 0 Å². The molecule has 0 atom stereocenters. The maximum Gasteiger partial charge on any atom is 0.325 e. The highest BCUT2D eigenvalue weighted by Crippen LogP contribution is 2.35. The fourth-order valence-corrected chi connectivity index (χ4v) is 3.68. The van der Waals surface area contributed by atoms with E-state index in [9.17, 15) is 14.4 Å². The molecule has 2 amide bonds. The highest BCUT2D eigenvalue weighted by Gasteiger charge is 2.36. The van der Waals surface area contributed by atoms with Crippen LogP contribution in [0.15, 0.2) is 57.9 Å². The fourth-order valence-electron chi connectivity index (χ4n) is 2.47. The topological polar surface area (TPSA) is 72.9 Å². The van der Waals surface area contributed by atoms with Gasteiger partial charge >= 0.3 is 5.97 Å². The number of nitrogens with zero attached hydrogens (tertiary/aromatic N) is 1. The van der Waals surface area contributed by atoms with Gasteiger partial charge in [0.15, 0.2) is 0 Å². The Hall–Kier alpha value is -2.58. The third-order valence-corrected chi connectivity index (χ3v) is 5.28. The predicted octanol–water partition coefficient (Wildman–Crippen LogP) is 4.24. The average Bonchev–Trinajstić information content (AvgIpc) is 2.95. The number of rotatable bonds is 6. The lowest BCUT2D eigenvalue weighted by molar-refractivity contribution is -0.143. The van der Waals surface area contributed by atoms with E-state index in [1.807, 2.05) is 36.4 Å². The summed E-state index contributed by atoms with van der Waals surface area (Å²) in [5.74, 6) is -0.612. The molecule has 0 unspecified atom stereocenters. The van der Waals surface area contributed by atoms with E-state index in [2.05, 4.69) is 20.7 Å². The molecule has 0 N–H and O–H groups in total. The first-order chi connectivity index (χ1) is 13.5. The third-order valence-electron chi connectivity index (χ3n) is 3.88. The van der Waals surface area contributed by atoms with E-state index < -0.39 is 23.7 Å². The van der Waals surface area contributed by atoms with Crippen molar-refractivity contribution in [3.05, 3.63) is 69.0 Å². The Morgan fingerprint density at radius 1 is 1.18 bits per heavy atom. The van der Waals surface area contributed by atoms with Gasteiger partial charge in [-0.25, -0.2) is 0 Å². The number of hydrogen-bond acceptors (Lipinski definition) is 6. The number of amides is 2. The van der Waals surface area contributed by atoms with E-state index in [0.29, 0.717) is 17.9 Å². The van der Waals surface area contributed by atoms with Gasteiger partial charge in [0.1, 0.15) is 18.9 Å². The zero-order chi connectivity index (χ0) is 20.1. The minimum absolute atomic E-state index is 0.219. The number of carbonyl (C=O) groups is 3. The smallest absolute Gasteiger partial charge is 0.325 e. The minimum atomic E-state index is -0.655. The number of imide groups is 1. The molecule has 1 aliphatic heterocycles. The Kier molecular flexibility index (Phi) is 6.53. The van der Waals surface area contributed by atoms with Gasteiger partial charge in [-0.1, -0.05) is 46.3 Å². The zero-order valence-electron chi connectivity index (χ0n) is 14.9. The molecule has 0 saturated carbocycles. The summed E-state index contributed by atoms with van der Waals surface area (Å²) in [6.45, 7) is -0.0402. The molecule has 2 aromatic rings. The summed E-state index contributed by atoms with van der Waals surface area (Å²) in [6, 6.07) is 15.1. The van der Waals surface area contributed by atoms with Crippen LogP contribution in [0.3, 0.4) is 0 Å². The van der Waals surface area contributed by atoms with Gasteiger partial charge in [0.25, 0.3) is 11.1 Å². The zero-order valence-corrected chi connectivity index (χ0v) is 17.3. The summed E-state index contributed by atoms with van der Waals surface area (Å²) >= 11 is 4.19. The molecule has 0 aliphatic carbocycles. The second-order valence-electron chi connectivity index (χ2n) is 5.80. The van der Waals surface area contributed by atoms with E-state index in [4.69, 9.17) is 4.74 Å². The molecule has 28 heavy (non-hydrogen) atoms. The molecule has 0 bridgehead atoms. The first-order valence-corrected chi connectivity index (χ1v) is 9.87. The summed E-state index contributed by atoms with van der Waals surface area (Å²) in [4.78, 5) is 37.1. The monoisotopic (exact) mass is 461 g/mol. The van der Waals surface area contributed by atoms with Crippen LogP contribution in [0.1, 0.15) is 11.1 Å². The van der Waals surface area contributed by atoms with E-state index in [1.54, 1.807) is 18.2 Å². The SMILES string of the molecule is COC(=O)CN1C(=O)SC(=Cc2cc(Br)ccc2OCc2ccccc2)C1=O. The molecular weight excluding hydrogens is 446 g/mol. The molecule has 6 nitrogen and oxygen atoms in total. The van der Waals surface area contributed by atoms with Crippen LogP contribution in [0.25, 0.3) is 6.08 Å². The number of halogens is 1. The first kappa shape index (κ1) is 20.2. The number of carbonyl (C=O) groups excluding carboxylic acids is 3. The maximum atomic E-state index is 12.5. The van der Waals surface area contributed by atoms with Crippen LogP contribution in [0, 0.1) is 0 Å². The Morgan fingerprint density at radius 2 is 1.93 bits per heavy atom. The normalized spacial score (nSPS) is 15.2. The van der Waals surface area contributed by atoms with Gasteiger partial charge in [0, 0.05) is 10.0 Å². The van der Waals surface area contributed by atoms with Crippen molar-refractivity contribution < 1.29 is 23.9 Å². The molecule has 1 saturated heterocycles. The van der Waals surface area contributed by atoms with Gasteiger partial charge in [-0.3, -0.25) is 19.3 Å². The summed E-state index contributed by atoms with van der Waals surface area (Å²) in [7, 11) is 1.20. The Bertz CT molecular complexity index is 945. The van der Waals surface area contributed by atoms with Crippen molar-refractivity contribution in [2.45, 2.75) is 6.61 Å². The Labute approximate surface area is 174 Å². The lowest BCUT2D eigenvalue weighted by Crippen LogP contribution is -2.34. The molecule has 3 rings (SSSR count). The van der Waals surface area contributed by atoms with E-state index >= 15 is 0 Å². The molecule has 0 spiro atoms. The molecule has 0 radical (unpaired) electrons. The van der Waals surface area contributed by atoms with Crippen LogP contribution in [0.4, 0.5) is 4.79 Å². The van der Waals surface area contributed by atoms with Crippen molar-refractivity contribution in [1.82, 2.24) is 4.90 Å². The largest absolute Gasteiger partial charge is 0.488 e. The van der Waals surface area contributed by atoms with Crippen LogP contribution in [-0.2, 0) is 20.9 Å². The molecular formula is C20H16BrNO5S. The number of thioether (sulfide) groups is 1. The molecule has 1 heterocycles. The third kappa shape index (κ3) is 4.82. The molecule has 0 aromatic heterocycles. The maximum absolute atomic E-state index is 12.5. The van der Waals surface area contributed by atoms with Crippen LogP contribution < -0.4 is 4.74 Å². The predicted molar refractivity (Wildman–Crippen MR) is 110 cm³/mol. The van der Waals surface area contributed by atoms with Crippen LogP contribution in [0.2, 0.25) is 0 Å². The standard InChI is InChI=1S/C20H16BrNO5S/c1-26-18(23)11-22-19(24)17(28-20(22)25)10-14-9-15(21)7-8-16(14)27-12-13-5-3-2-4-6-13/h2-10H,11-12H2,1H3. The second-order valence-corrected chi connectivity index (χ2v) is 7.71. The number of methoxy groups -OCH3 is 1. The molecule has 1 fully saturated rings. The van der Waals surface area contributed by atoms with E-state index in [-0.39, 0.29) is 4.91 Å². The van der Waals surface area contributed by atoms with Crippen molar-refractivity contribution in [3.8, 4) is 5.75 Å². The first-order valence-electron chi connectivity index (χ1n) is 8.26. The van der Waals surface area contributed by atoms with Crippen LogP contribution in [0.5, 0.6) is 5.75 Å². The molecule has 144 valence electrons. The van der Waals surface area contributed by atoms with E-state index in [0.717, 1.165) is 26.7 Å². The van der Waals surface area contributed by atoms with Crippen molar-refractivity contribution in [3.63, 3.8) is 0 Å². The van der Waals surface area contributed by atoms with Crippen molar-refractivity contribution >= 4 is 50.9 Å². The van der Waals surface area contributed by atoms with E-state index in [1.165, 1.54) is 7.11 Å². The van der Waals surface area contributed by atoms with Crippen LogP contribution in [-0.4, -0.2) is 35.7 Å². The van der Waals surface area contributed by atoms with Gasteiger partial charge in [0.2, 0.25) is 0 Å². The quantitative estimate of drug-likeness (QED) is 0.473. The minimum Gasteiger partial charge on any atom is -0.488 e. The molecule has 1 aliphatic rings. The summed E-state index contributed by atoms with van der Waals surface area (Å²) < 4.78 is 11.2. The lowest BCUT2D eigenvalue weighted by Gasteiger charge is -2.11. The molecule has 8 heteroatoms. The number of esters is 1. The van der Waals surface area contributed by atoms with Crippen molar-refractivity contribution in [2.75, 3.05) is 13.7 Å². The Morgan fingerprint density at radius 3 is 2.64 bits per heavy atom. The highest BCUT2D eigenvalue weighted by molar-refractivity contribution is 9.10. The number of benzene rings is 2. The van der Waals surface area contributed by atoms with Crippen molar-refractivity contribution in [2.24, 2.45) is 0 Å². The van der Waals surface area contributed by atoms with Gasteiger partial charge in [0.05, 0.1) is 12.0 Å². The fraction of sp³-hybridized carbons (Fsp3) is 0.150. The number of hydrogen-bond donors (Lipinski definition) is 0. The number of ether oxygens (including phenoxy) is 2. The lowest BCUT2D eigenvalue weighted by atomic mass is 10.1. The van der Waals surface area contributed by atoms with Crippen molar-refractivity contribution in [1.29, 1.82) is 0 Å². The van der Waals surface area contributed by atoms with Gasteiger partial charge < -0.3 is 9.47 Å². The van der Waals surface area contributed by atoms with Gasteiger partial charge in [-0.05, 0) is 41.6 Å². The summed E-state index contributed by atoms with van der Waals surface area (Å²) in [5, 5.41) is -0.511. The van der Waals surface area contributed by atoms with Gasteiger partial charge in [-0.2, -0.15) is 0 Å². The highest BCUT2D eigenvalue weighted by atomic mass is 79.9. The van der Waals surface area contributed by atoms with Crippen LogP contribution >= 0.6 is 27.7 Å². The average molecular weight is 462 g/mol. The Balaban J connectivity index is 1.83. The summed E-state index contributed by atoms with van der Waals surface area (Å²) in [5.41, 5.74) is 1.66. The molecule has 2 aromatic carbocycles. The summed E-state index contributed by atoms with van der Waals surface area (Å²) in [6.07, 6.45) is 1.59. The second kappa shape index (κ2) is 9.07.